The number of fused-ring (bicyclic) bond motifs is 3. The van der Waals surface area contributed by atoms with E-state index in [4.69, 9.17) is 14.5 Å². The van der Waals surface area contributed by atoms with Crippen LogP contribution in [0.4, 0.5) is 0 Å². The fraction of sp³-hybridized carbons (Fsp3) is 0.364. The highest BCUT2D eigenvalue weighted by molar-refractivity contribution is 5.99. The zero-order valence-electron chi connectivity index (χ0n) is 16.4. The van der Waals surface area contributed by atoms with E-state index in [9.17, 15) is 4.79 Å². The van der Waals surface area contributed by atoms with Crippen LogP contribution in [0.3, 0.4) is 0 Å². The van der Waals surface area contributed by atoms with Gasteiger partial charge in [0, 0.05) is 24.7 Å². The summed E-state index contributed by atoms with van der Waals surface area (Å²) in [6.07, 6.45) is 2.78. The maximum Gasteiger partial charge on any atom is 0.275 e. The molecule has 2 aromatic heterocycles. The molecule has 0 saturated heterocycles. The van der Waals surface area contributed by atoms with Gasteiger partial charge in [-0.2, -0.15) is 0 Å². The van der Waals surface area contributed by atoms with Gasteiger partial charge < -0.3 is 18.8 Å². The number of ether oxygens (including phenoxy) is 2. The Kier molecular flexibility index (Phi) is 3.66. The summed E-state index contributed by atoms with van der Waals surface area (Å²) < 4.78 is 13.0. The van der Waals surface area contributed by atoms with E-state index in [1.807, 2.05) is 45.8 Å². The first kappa shape index (κ1) is 17.1. The average Bonchev–Trinajstić information content (AvgIpc) is 3.29. The third kappa shape index (κ3) is 2.63. The first-order chi connectivity index (χ1) is 13.4. The van der Waals surface area contributed by atoms with Crippen LogP contribution in [0.15, 0.2) is 36.5 Å². The van der Waals surface area contributed by atoms with Crippen LogP contribution in [-0.4, -0.2) is 33.5 Å². The Labute approximate surface area is 163 Å². The number of pyridine rings is 1. The van der Waals surface area contributed by atoms with E-state index in [1.165, 1.54) is 5.56 Å². The third-order valence-electron chi connectivity index (χ3n) is 5.42. The van der Waals surface area contributed by atoms with E-state index < -0.39 is 0 Å². The van der Waals surface area contributed by atoms with Crippen molar-refractivity contribution in [1.82, 2.24) is 14.3 Å². The molecule has 0 radical (unpaired) electrons. The molecular weight excluding hydrogens is 354 g/mol. The van der Waals surface area contributed by atoms with Crippen molar-refractivity contribution in [3.8, 4) is 11.5 Å². The molecule has 6 nitrogen and oxygen atoms in total. The number of benzene rings is 1. The molecule has 0 N–H and O–H groups in total. The van der Waals surface area contributed by atoms with Crippen molar-refractivity contribution in [1.29, 1.82) is 0 Å². The molecule has 3 aromatic rings. The Bertz CT molecular complexity index is 1090. The minimum Gasteiger partial charge on any atom is -0.454 e. The van der Waals surface area contributed by atoms with E-state index in [1.54, 1.807) is 0 Å². The van der Waals surface area contributed by atoms with E-state index in [0.29, 0.717) is 18.8 Å². The fourth-order valence-electron chi connectivity index (χ4n) is 3.99. The van der Waals surface area contributed by atoms with Crippen molar-refractivity contribution in [2.75, 3.05) is 13.3 Å². The zero-order chi connectivity index (χ0) is 19.5. The van der Waals surface area contributed by atoms with Crippen LogP contribution >= 0.6 is 0 Å². The van der Waals surface area contributed by atoms with E-state index in [2.05, 4.69) is 20.8 Å². The Balaban J connectivity index is 1.51. The molecule has 0 atom stereocenters. The standard InChI is InChI=1S/C22H23N3O3/c1-22(2,3)21-23-19(16-6-4-5-8-25(16)21)20(26)24-9-7-14-10-17-18(28-13-27-17)11-15(14)12-24/h4-6,8,10-11H,7,9,12-13H2,1-3H3. The predicted octanol–water partition coefficient (Wildman–Crippen LogP) is 3.56. The van der Waals surface area contributed by atoms with Gasteiger partial charge in [-0.1, -0.05) is 26.8 Å². The lowest BCUT2D eigenvalue weighted by atomic mass is 9.96. The molecule has 5 rings (SSSR count). The third-order valence-corrected chi connectivity index (χ3v) is 5.42. The summed E-state index contributed by atoms with van der Waals surface area (Å²) in [6, 6.07) is 9.93. The molecule has 1 aromatic carbocycles. The van der Waals surface area contributed by atoms with Crippen LogP contribution < -0.4 is 9.47 Å². The summed E-state index contributed by atoms with van der Waals surface area (Å²) in [5, 5.41) is 0. The molecule has 0 spiro atoms. The minimum absolute atomic E-state index is 0.0254. The van der Waals surface area contributed by atoms with Gasteiger partial charge in [-0.05, 0) is 41.8 Å². The van der Waals surface area contributed by atoms with Crippen molar-refractivity contribution in [3.63, 3.8) is 0 Å². The number of hydrogen-bond acceptors (Lipinski definition) is 4. The molecule has 6 heteroatoms. The van der Waals surface area contributed by atoms with Crippen molar-refractivity contribution in [2.24, 2.45) is 0 Å². The molecule has 2 aliphatic heterocycles. The topological polar surface area (TPSA) is 56.1 Å². The molecular formula is C22H23N3O3. The number of imidazole rings is 1. The van der Waals surface area contributed by atoms with E-state index in [0.717, 1.165) is 34.8 Å². The number of amides is 1. The van der Waals surface area contributed by atoms with Gasteiger partial charge in [0.2, 0.25) is 6.79 Å². The van der Waals surface area contributed by atoms with Crippen molar-refractivity contribution < 1.29 is 14.3 Å². The summed E-state index contributed by atoms with van der Waals surface area (Å²) in [4.78, 5) is 20.0. The lowest BCUT2D eigenvalue weighted by molar-refractivity contribution is 0.0731. The molecule has 0 saturated carbocycles. The summed E-state index contributed by atoms with van der Waals surface area (Å²) in [5.74, 6) is 2.43. The maximum atomic E-state index is 13.4. The van der Waals surface area contributed by atoms with Crippen LogP contribution in [0.5, 0.6) is 11.5 Å². The van der Waals surface area contributed by atoms with Crippen LogP contribution in [0, 0.1) is 0 Å². The van der Waals surface area contributed by atoms with Gasteiger partial charge in [0.1, 0.15) is 5.82 Å². The summed E-state index contributed by atoms with van der Waals surface area (Å²) in [6.45, 7) is 7.83. The Morgan fingerprint density at radius 3 is 2.61 bits per heavy atom. The lowest BCUT2D eigenvalue weighted by Gasteiger charge is -2.28. The van der Waals surface area contributed by atoms with E-state index in [-0.39, 0.29) is 18.1 Å². The molecule has 2 aliphatic rings. The highest BCUT2D eigenvalue weighted by atomic mass is 16.7. The largest absolute Gasteiger partial charge is 0.454 e. The lowest BCUT2D eigenvalue weighted by Crippen LogP contribution is -2.36. The molecule has 0 aliphatic carbocycles. The number of nitrogens with zero attached hydrogens (tertiary/aromatic N) is 3. The van der Waals surface area contributed by atoms with Gasteiger partial charge >= 0.3 is 0 Å². The van der Waals surface area contributed by atoms with Crippen molar-refractivity contribution in [2.45, 2.75) is 39.2 Å². The molecule has 0 bridgehead atoms. The van der Waals surface area contributed by atoms with Gasteiger partial charge in [-0.3, -0.25) is 4.79 Å². The predicted molar refractivity (Wildman–Crippen MR) is 105 cm³/mol. The van der Waals surface area contributed by atoms with E-state index >= 15 is 0 Å². The second kappa shape index (κ2) is 5.99. The van der Waals surface area contributed by atoms with Crippen molar-refractivity contribution >= 4 is 11.4 Å². The normalized spacial score (nSPS) is 15.8. The van der Waals surface area contributed by atoms with Gasteiger partial charge in [-0.15, -0.1) is 0 Å². The fourth-order valence-corrected chi connectivity index (χ4v) is 3.99. The number of rotatable bonds is 1. The summed E-state index contributed by atoms with van der Waals surface area (Å²) in [5.41, 5.74) is 3.56. The highest BCUT2D eigenvalue weighted by Gasteiger charge is 2.30. The summed E-state index contributed by atoms with van der Waals surface area (Å²) >= 11 is 0. The van der Waals surface area contributed by atoms with Gasteiger partial charge in [-0.25, -0.2) is 4.98 Å². The second-order valence-corrected chi connectivity index (χ2v) is 8.44. The summed E-state index contributed by atoms with van der Waals surface area (Å²) in [7, 11) is 0. The number of hydrogen-bond donors (Lipinski definition) is 0. The molecule has 4 heterocycles. The Morgan fingerprint density at radius 1 is 1.11 bits per heavy atom. The van der Waals surface area contributed by atoms with Crippen LogP contribution in [-0.2, 0) is 18.4 Å². The van der Waals surface area contributed by atoms with Crippen LogP contribution in [0.25, 0.3) is 5.52 Å². The smallest absolute Gasteiger partial charge is 0.275 e. The highest BCUT2D eigenvalue weighted by Crippen LogP contribution is 2.37. The van der Waals surface area contributed by atoms with Crippen LogP contribution in [0.1, 0.15) is 48.2 Å². The van der Waals surface area contributed by atoms with Gasteiger partial charge in [0.05, 0.1) is 5.52 Å². The quantitative estimate of drug-likeness (QED) is 0.651. The Hall–Kier alpha value is -3.02. The molecule has 1 amide bonds. The molecule has 28 heavy (non-hydrogen) atoms. The number of carbonyl (C=O) groups excluding carboxylic acids is 1. The van der Waals surface area contributed by atoms with Gasteiger partial charge in [0.25, 0.3) is 5.91 Å². The molecule has 0 unspecified atom stereocenters. The number of carbonyl (C=O) groups is 1. The van der Waals surface area contributed by atoms with Gasteiger partial charge in [0.15, 0.2) is 17.2 Å². The molecule has 144 valence electrons. The SMILES string of the molecule is CC(C)(C)c1nc(C(=O)N2CCc3cc4c(cc3C2)OCO4)c2ccccn12. The Morgan fingerprint density at radius 2 is 1.86 bits per heavy atom. The number of aromatic nitrogens is 2. The van der Waals surface area contributed by atoms with Crippen LogP contribution in [0.2, 0.25) is 0 Å². The average molecular weight is 377 g/mol. The second-order valence-electron chi connectivity index (χ2n) is 8.44. The maximum absolute atomic E-state index is 13.4. The van der Waals surface area contributed by atoms with Crippen molar-refractivity contribution in [3.05, 3.63) is 59.2 Å². The monoisotopic (exact) mass is 377 g/mol. The first-order valence-electron chi connectivity index (χ1n) is 9.60. The first-order valence-corrected chi connectivity index (χ1v) is 9.60. The minimum atomic E-state index is -0.158. The molecule has 0 fully saturated rings. The zero-order valence-corrected chi connectivity index (χ0v) is 16.4.